The number of halogens is 1. The van der Waals surface area contributed by atoms with E-state index in [0.717, 1.165) is 46.6 Å². The fourth-order valence-electron chi connectivity index (χ4n) is 3.40. The summed E-state index contributed by atoms with van der Waals surface area (Å²) in [7, 11) is 0. The highest BCUT2D eigenvalue weighted by molar-refractivity contribution is 14.0. The van der Waals surface area contributed by atoms with Crippen LogP contribution in [0.4, 0.5) is 0 Å². The summed E-state index contributed by atoms with van der Waals surface area (Å²) >= 11 is 0. The number of aryl methyl sites for hydroxylation is 1. The van der Waals surface area contributed by atoms with Gasteiger partial charge in [-0.2, -0.15) is 5.10 Å². The first-order chi connectivity index (χ1) is 14.7. The van der Waals surface area contributed by atoms with Crippen LogP contribution in [0.15, 0.2) is 59.7 Å². The zero-order chi connectivity index (χ0) is 20.9. The Kier molecular flexibility index (Phi) is 7.61. The number of pyridine rings is 1. The first-order valence-electron chi connectivity index (χ1n) is 10.1. The number of hydrogen-bond acceptors (Lipinski definition) is 4. The maximum absolute atomic E-state index is 4.78. The zero-order valence-corrected chi connectivity index (χ0v) is 20.2. The van der Waals surface area contributed by atoms with Crippen LogP contribution in [-0.2, 0) is 13.1 Å². The summed E-state index contributed by atoms with van der Waals surface area (Å²) in [5, 5.41) is 19.8. The molecule has 2 N–H and O–H groups in total. The number of aromatic nitrogens is 5. The van der Waals surface area contributed by atoms with Crippen LogP contribution in [0.3, 0.4) is 0 Å². The molecule has 0 radical (unpaired) electrons. The molecule has 1 aromatic carbocycles. The minimum absolute atomic E-state index is 0. The van der Waals surface area contributed by atoms with Crippen LogP contribution in [0.5, 0.6) is 0 Å². The summed E-state index contributed by atoms with van der Waals surface area (Å²) < 4.78 is 3.94. The van der Waals surface area contributed by atoms with E-state index in [1.165, 1.54) is 0 Å². The summed E-state index contributed by atoms with van der Waals surface area (Å²) in [6.45, 7) is 8.00. The predicted octanol–water partition coefficient (Wildman–Crippen LogP) is 3.41. The maximum Gasteiger partial charge on any atom is 0.191 e. The molecule has 9 heteroatoms. The summed E-state index contributed by atoms with van der Waals surface area (Å²) in [5.74, 6) is 1.57. The van der Waals surface area contributed by atoms with E-state index in [1.807, 2.05) is 65.5 Å². The monoisotopic (exact) mass is 530 g/mol. The van der Waals surface area contributed by atoms with Gasteiger partial charge in [-0.3, -0.25) is 4.40 Å². The Labute approximate surface area is 198 Å². The molecule has 0 aliphatic rings. The first kappa shape index (κ1) is 22.7. The lowest BCUT2D eigenvalue weighted by Gasteiger charge is -2.11. The van der Waals surface area contributed by atoms with Crippen LogP contribution >= 0.6 is 24.0 Å². The van der Waals surface area contributed by atoms with Gasteiger partial charge in [-0.15, -0.1) is 34.2 Å². The Morgan fingerprint density at radius 3 is 2.55 bits per heavy atom. The van der Waals surface area contributed by atoms with Crippen molar-refractivity contribution in [2.75, 3.05) is 6.54 Å². The number of aliphatic imine (C=N–C) groups is 1. The van der Waals surface area contributed by atoms with Gasteiger partial charge >= 0.3 is 0 Å². The predicted molar refractivity (Wildman–Crippen MR) is 133 cm³/mol. The van der Waals surface area contributed by atoms with Gasteiger partial charge < -0.3 is 10.6 Å². The van der Waals surface area contributed by atoms with E-state index in [0.29, 0.717) is 13.1 Å². The van der Waals surface area contributed by atoms with E-state index in [-0.39, 0.29) is 24.0 Å². The van der Waals surface area contributed by atoms with E-state index in [9.17, 15) is 0 Å². The molecule has 0 aliphatic carbocycles. The molecule has 0 unspecified atom stereocenters. The number of hydrogen-bond donors (Lipinski definition) is 2. The lowest BCUT2D eigenvalue weighted by molar-refractivity contribution is 0.764. The van der Waals surface area contributed by atoms with Gasteiger partial charge in [-0.25, -0.2) is 9.67 Å². The van der Waals surface area contributed by atoms with Crippen molar-refractivity contribution in [1.82, 2.24) is 35.0 Å². The maximum atomic E-state index is 4.78. The van der Waals surface area contributed by atoms with Gasteiger partial charge in [0.1, 0.15) is 0 Å². The van der Waals surface area contributed by atoms with Crippen molar-refractivity contribution in [3.63, 3.8) is 0 Å². The summed E-state index contributed by atoms with van der Waals surface area (Å²) in [6, 6.07) is 16.0. The average molecular weight is 530 g/mol. The minimum Gasteiger partial charge on any atom is -0.357 e. The molecule has 4 rings (SSSR count). The van der Waals surface area contributed by atoms with Crippen molar-refractivity contribution in [3.05, 3.63) is 77.5 Å². The normalized spacial score (nSPS) is 11.4. The van der Waals surface area contributed by atoms with Gasteiger partial charge in [0, 0.05) is 24.0 Å². The smallest absolute Gasteiger partial charge is 0.191 e. The van der Waals surface area contributed by atoms with E-state index < -0.39 is 0 Å². The third-order valence-corrected chi connectivity index (χ3v) is 4.98. The number of fused-ring (bicyclic) bond motifs is 1. The van der Waals surface area contributed by atoms with E-state index in [2.05, 4.69) is 39.9 Å². The molecule has 3 aromatic heterocycles. The molecule has 3 heterocycles. The van der Waals surface area contributed by atoms with Gasteiger partial charge in [-0.1, -0.05) is 24.3 Å². The molecule has 0 saturated carbocycles. The van der Waals surface area contributed by atoms with Crippen molar-refractivity contribution in [2.24, 2.45) is 4.99 Å². The number of rotatable bonds is 6. The Bertz CT molecular complexity index is 1160. The number of nitrogens with one attached hydrogen (secondary N) is 2. The molecule has 0 saturated heterocycles. The fourth-order valence-corrected chi connectivity index (χ4v) is 3.40. The standard InChI is InChI=1S/C22H26N8.HI/c1-4-23-22(25-15-21-27-26-20-12-8-9-13-29(20)21)24-14-19-16(2)28-30(17(19)3)18-10-6-5-7-11-18;/h5-13H,4,14-15H2,1-3H3,(H2,23,24,25);1H. The molecule has 4 aromatic rings. The van der Waals surface area contributed by atoms with Crippen molar-refractivity contribution < 1.29 is 0 Å². The average Bonchev–Trinajstić information content (AvgIpc) is 3.31. The molecule has 31 heavy (non-hydrogen) atoms. The summed E-state index contributed by atoms with van der Waals surface area (Å²) in [5.41, 5.74) is 5.10. The fraction of sp³-hybridized carbons (Fsp3) is 0.273. The number of para-hydroxylation sites is 1. The Morgan fingerprint density at radius 1 is 1.00 bits per heavy atom. The van der Waals surface area contributed by atoms with E-state index >= 15 is 0 Å². The third kappa shape index (κ3) is 5.04. The summed E-state index contributed by atoms with van der Waals surface area (Å²) in [4.78, 5) is 4.78. The zero-order valence-electron chi connectivity index (χ0n) is 17.9. The van der Waals surface area contributed by atoms with E-state index in [1.54, 1.807) is 0 Å². The second-order valence-corrected chi connectivity index (χ2v) is 6.99. The topological polar surface area (TPSA) is 84.4 Å². The highest BCUT2D eigenvalue weighted by Gasteiger charge is 2.13. The van der Waals surface area contributed by atoms with Crippen molar-refractivity contribution in [3.8, 4) is 5.69 Å². The Balaban J connectivity index is 0.00000272. The minimum atomic E-state index is 0. The van der Waals surface area contributed by atoms with Crippen LogP contribution in [0.2, 0.25) is 0 Å². The van der Waals surface area contributed by atoms with Crippen LogP contribution in [0.1, 0.15) is 29.7 Å². The van der Waals surface area contributed by atoms with Crippen LogP contribution in [0, 0.1) is 13.8 Å². The van der Waals surface area contributed by atoms with Gasteiger partial charge in [0.25, 0.3) is 0 Å². The SMILES string of the molecule is CCNC(=NCc1c(C)nn(-c2ccccc2)c1C)NCc1nnc2ccccn12.I. The molecular weight excluding hydrogens is 503 g/mol. The molecular formula is C22H27IN8. The van der Waals surface area contributed by atoms with Crippen LogP contribution in [-0.4, -0.2) is 36.9 Å². The number of guanidine groups is 1. The third-order valence-electron chi connectivity index (χ3n) is 4.98. The Morgan fingerprint density at radius 2 is 1.77 bits per heavy atom. The van der Waals surface area contributed by atoms with Gasteiger partial charge in [-0.05, 0) is 45.0 Å². The molecule has 0 fully saturated rings. The molecule has 0 atom stereocenters. The second kappa shape index (κ2) is 10.4. The second-order valence-electron chi connectivity index (χ2n) is 6.99. The van der Waals surface area contributed by atoms with Crippen LogP contribution < -0.4 is 10.6 Å². The highest BCUT2D eigenvalue weighted by atomic mass is 127. The number of benzene rings is 1. The molecule has 0 bridgehead atoms. The van der Waals surface area contributed by atoms with E-state index in [4.69, 9.17) is 10.1 Å². The molecule has 8 nitrogen and oxygen atoms in total. The molecule has 0 spiro atoms. The van der Waals surface area contributed by atoms with Crippen molar-refractivity contribution in [1.29, 1.82) is 0 Å². The van der Waals surface area contributed by atoms with Crippen molar-refractivity contribution in [2.45, 2.75) is 33.9 Å². The highest BCUT2D eigenvalue weighted by Crippen LogP contribution is 2.18. The van der Waals surface area contributed by atoms with Crippen molar-refractivity contribution >= 4 is 35.6 Å². The molecule has 0 aliphatic heterocycles. The lowest BCUT2D eigenvalue weighted by Crippen LogP contribution is -2.37. The number of nitrogens with zero attached hydrogens (tertiary/aromatic N) is 6. The first-order valence-corrected chi connectivity index (χ1v) is 10.1. The quantitative estimate of drug-likeness (QED) is 0.227. The van der Waals surface area contributed by atoms with Gasteiger partial charge in [0.05, 0.1) is 24.5 Å². The van der Waals surface area contributed by atoms with Gasteiger partial charge in [0.2, 0.25) is 0 Å². The lowest BCUT2D eigenvalue weighted by atomic mass is 10.2. The van der Waals surface area contributed by atoms with Gasteiger partial charge in [0.15, 0.2) is 17.4 Å². The van der Waals surface area contributed by atoms with Crippen LogP contribution in [0.25, 0.3) is 11.3 Å². The molecule has 162 valence electrons. The molecule has 0 amide bonds. The summed E-state index contributed by atoms with van der Waals surface area (Å²) in [6.07, 6.45) is 1.96. The Hall–Kier alpha value is -2.95. The largest absolute Gasteiger partial charge is 0.357 e.